The van der Waals surface area contributed by atoms with Crippen molar-refractivity contribution in [1.29, 1.82) is 0 Å². The van der Waals surface area contributed by atoms with Crippen molar-refractivity contribution in [3.63, 3.8) is 0 Å². The molecule has 0 radical (unpaired) electrons. The molecule has 5 heteroatoms. The highest BCUT2D eigenvalue weighted by molar-refractivity contribution is 6.34. The van der Waals surface area contributed by atoms with Crippen molar-refractivity contribution in [2.45, 2.75) is 0 Å². The molecule has 3 nitrogen and oxygen atoms in total. The molecule has 3 aromatic rings. The normalized spacial score (nSPS) is 10.8. The Hall–Kier alpha value is -1.97. The van der Waals surface area contributed by atoms with E-state index in [1.54, 1.807) is 24.4 Å². The lowest BCUT2D eigenvalue weighted by Gasteiger charge is -2.07. The van der Waals surface area contributed by atoms with Gasteiger partial charge in [0.25, 0.3) is 0 Å². The van der Waals surface area contributed by atoms with Crippen LogP contribution in [0.1, 0.15) is 10.4 Å². The van der Waals surface area contributed by atoms with Gasteiger partial charge in [0.05, 0.1) is 5.02 Å². The number of H-pyrrole nitrogens is 1. The number of hydrogen-bond acceptors (Lipinski definition) is 2. The largest absolute Gasteiger partial charge is 0.484 e. The van der Waals surface area contributed by atoms with Gasteiger partial charge >= 0.3 is 0 Å². The summed E-state index contributed by atoms with van der Waals surface area (Å²) in [7, 11) is 0. The number of hydrogen-bond donors (Lipinski definition) is 1. The van der Waals surface area contributed by atoms with Crippen LogP contribution in [0, 0.1) is 0 Å². The first-order valence-corrected chi connectivity index (χ1v) is 7.08. The van der Waals surface area contributed by atoms with Gasteiger partial charge in [0.1, 0.15) is 5.75 Å². The van der Waals surface area contributed by atoms with Crippen molar-refractivity contribution in [2.75, 3.05) is 6.61 Å². The van der Waals surface area contributed by atoms with Crippen LogP contribution >= 0.6 is 23.2 Å². The van der Waals surface area contributed by atoms with Gasteiger partial charge in [-0.15, -0.1) is 0 Å². The summed E-state index contributed by atoms with van der Waals surface area (Å²) >= 11 is 11.9. The van der Waals surface area contributed by atoms with Crippen LogP contribution in [0.15, 0.2) is 48.7 Å². The van der Waals surface area contributed by atoms with Crippen LogP contribution in [0.5, 0.6) is 5.75 Å². The van der Waals surface area contributed by atoms with Crippen molar-refractivity contribution in [3.05, 3.63) is 64.3 Å². The Labute approximate surface area is 131 Å². The van der Waals surface area contributed by atoms with Gasteiger partial charge in [0, 0.05) is 33.8 Å². The van der Waals surface area contributed by atoms with Crippen LogP contribution in [0.4, 0.5) is 0 Å². The summed E-state index contributed by atoms with van der Waals surface area (Å²) in [6.45, 7) is -0.0953. The van der Waals surface area contributed by atoms with Gasteiger partial charge in [-0.25, -0.2) is 0 Å². The smallest absolute Gasteiger partial charge is 0.202 e. The molecule has 0 amide bonds. The highest BCUT2D eigenvalue weighted by Crippen LogP contribution is 2.28. The molecule has 21 heavy (non-hydrogen) atoms. The van der Waals surface area contributed by atoms with Crippen LogP contribution in [-0.2, 0) is 0 Å². The summed E-state index contributed by atoms with van der Waals surface area (Å²) in [6.07, 6.45) is 1.69. The molecule has 0 saturated heterocycles. The number of Topliss-reactive ketones (excluding diaryl/α,β-unsaturated/α-hetero) is 1. The number of aromatic amines is 1. The third-order valence-electron chi connectivity index (χ3n) is 3.14. The van der Waals surface area contributed by atoms with Gasteiger partial charge in [-0.05, 0) is 18.2 Å². The Morgan fingerprint density at radius 1 is 1.14 bits per heavy atom. The Bertz CT molecular complexity index is 811. The van der Waals surface area contributed by atoms with Gasteiger partial charge in [-0.1, -0.05) is 41.4 Å². The molecule has 1 N–H and O–H groups in total. The second-order valence-electron chi connectivity index (χ2n) is 4.53. The van der Waals surface area contributed by atoms with Crippen molar-refractivity contribution in [3.8, 4) is 5.75 Å². The standard InChI is InChI=1S/C16H11Cl2NO2/c17-10-5-6-13(18)16(7-10)21-9-15(20)12-8-19-14-4-2-1-3-11(12)14/h1-8,19H,9H2. The third kappa shape index (κ3) is 2.89. The zero-order chi connectivity index (χ0) is 14.8. The fourth-order valence-corrected chi connectivity index (χ4v) is 2.45. The van der Waals surface area contributed by atoms with E-state index in [0.29, 0.717) is 21.4 Å². The van der Waals surface area contributed by atoms with E-state index in [1.165, 1.54) is 0 Å². The summed E-state index contributed by atoms with van der Waals surface area (Å²) in [5, 5.41) is 1.81. The van der Waals surface area contributed by atoms with E-state index < -0.39 is 0 Å². The van der Waals surface area contributed by atoms with Gasteiger partial charge in [0.2, 0.25) is 5.78 Å². The predicted molar refractivity (Wildman–Crippen MR) is 84.6 cm³/mol. The third-order valence-corrected chi connectivity index (χ3v) is 3.69. The molecule has 106 valence electrons. The van der Waals surface area contributed by atoms with E-state index in [-0.39, 0.29) is 12.4 Å². The lowest BCUT2D eigenvalue weighted by Crippen LogP contribution is -2.11. The molecule has 0 unspecified atom stereocenters. The zero-order valence-electron chi connectivity index (χ0n) is 10.9. The number of fused-ring (bicyclic) bond motifs is 1. The topological polar surface area (TPSA) is 42.1 Å². The number of halogens is 2. The molecule has 0 saturated carbocycles. The minimum absolute atomic E-state index is 0.0953. The average Bonchev–Trinajstić information content (AvgIpc) is 2.92. The first kappa shape index (κ1) is 14.0. The lowest BCUT2D eigenvalue weighted by molar-refractivity contribution is 0.0923. The average molecular weight is 320 g/mol. The number of aromatic nitrogens is 1. The van der Waals surface area contributed by atoms with Crippen LogP contribution in [0.3, 0.4) is 0 Å². The molecule has 0 aliphatic heterocycles. The molecular formula is C16H11Cl2NO2. The fourth-order valence-electron chi connectivity index (χ4n) is 2.11. The first-order chi connectivity index (χ1) is 10.1. The molecule has 0 aliphatic rings. The van der Waals surface area contributed by atoms with Gasteiger partial charge < -0.3 is 9.72 Å². The number of benzene rings is 2. The SMILES string of the molecule is O=C(COc1cc(Cl)ccc1Cl)c1c[nH]c2ccccc12. The Morgan fingerprint density at radius 3 is 2.81 bits per heavy atom. The number of ether oxygens (including phenoxy) is 1. The molecule has 0 atom stereocenters. The van der Waals surface area contributed by atoms with Gasteiger partial charge in [-0.3, -0.25) is 4.79 Å². The van der Waals surface area contributed by atoms with Crippen molar-refractivity contribution in [1.82, 2.24) is 4.98 Å². The summed E-state index contributed by atoms with van der Waals surface area (Å²) < 4.78 is 5.47. The Morgan fingerprint density at radius 2 is 1.95 bits per heavy atom. The van der Waals surface area contributed by atoms with Crippen molar-refractivity contribution >= 4 is 39.9 Å². The number of nitrogens with one attached hydrogen (secondary N) is 1. The van der Waals surface area contributed by atoms with E-state index in [1.807, 2.05) is 24.3 Å². The van der Waals surface area contributed by atoms with Crippen molar-refractivity contribution in [2.24, 2.45) is 0 Å². The lowest BCUT2D eigenvalue weighted by atomic mass is 10.1. The minimum atomic E-state index is -0.122. The van der Waals surface area contributed by atoms with E-state index in [4.69, 9.17) is 27.9 Å². The number of carbonyl (C=O) groups excluding carboxylic acids is 1. The summed E-state index contributed by atoms with van der Waals surface area (Å²) in [4.78, 5) is 15.3. The maximum Gasteiger partial charge on any atom is 0.202 e. The van der Waals surface area contributed by atoms with Crippen LogP contribution < -0.4 is 4.74 Å². The van der Waals surface area contributed by atoms with Crippen LogP contribution in [0.25, 0.3) is 10.9 Å². The van der Waals surface area contributed by atoms with E-state index in [0.717, 1.165) is 10.9 Å². The molecule has 0 fully saturated rings. The molecule has 2 aromatic carbocycles. The van der Waals surface area contributed by atoms with Gasteiger partial charge in [0.15, 0.2) is 6.61 Å². The second kappa shape index (κ2) is 5.80. The Balaban J connectivity index is 1.79. The molecule has 1 heterocycles. The molecule has 0 spiro atoms. The quantitative estimate of drug-likeness (QED) is 0.706. The maximum atomic E-state index is 12.3. The number of para-hydroxylation sites is 1. The fraction of sp³-hybridized carbons (Fsp3) is 0.0625. The van der Waals surface area contributed by atoms with Crippen LogP contribution in [0.2, 0.25) is 10.0 Å². The zero-order valence-corrected chi connectivity index (χ0v) is 12.4. The predicted octanol–water partition coefficient (Wildman–Crippen LogP) is 4.74. The molecular weight excluding hydrogens is 309 g/mol. The first-order valence-electron chi connectivity index (χ1n) is 6.32. The Kier molecular flexibility index (Phi) is 3.86. The minimum Gasteiger partial charge on any atom is -0.484 e. The second-order valence-corrected chi connectivity index (χ2v) is 5.38. The summed E-state index contributed by atoms with van der Waals surface area (Å²) in [5.74, 6) is 0.279. The van der Waals surface area contributed by atoms with Crippen LogP contribution in [-0.4, -0.2) is 17.4 Å². The van der Waals surface area contributed by atoms with Crippen molar-refractivity contribution < 1.29 is 9.53 Å². The maximum absolute atomic E-state index is 12.3. The molecule has 0 aliphatic carbocycles. The van der Waals surface area contributed by atoms with E-state index in [9.17, 15) is 4.79 Å². The highest BCUT2D eigenvalue weighted by Gasteiger charge is 2.13. The number of carbonyl (C=O) groups is 1. The molecule has 1 aromatic heterocycles. The molecule has 0 bridgehead atoms. The number of ketones is 1. The monoisotopic (exact) mass is 319 g/mol. The number of rotatable bonds is 4. The van der Waals surface area contributed by atoms with E-state index in [2.05, 4.69) is 4.98 Å². The highest BCUT2D eigenvalue weighted by atomic mass is 35.5. The summed E-state index contributed by atoms with van der Waals surface area (Å²) in [5.41, 5.74) is 1.52. The van der Waals surface area contributed by atoms with Gasteiger partial charge in [-0.2, -0.15) is 0 Å². The van der Waals surface area contributed by atoms with E-state index >= 15 is 0 Å². The molecule has 3 rings (SSSR count). The summed E-state index contributed by atoms with van der Waals surface area (Å²) in [6, 6.07) is 12.5.